The Bertz CT molecular complexity index is 960. The lowest BCUT2D eigenvalue weighted by Gasteiger charge is -2.19. The van der Waals surface area contributed by atoms with E-state index in [2.05, 4.69) is 5.32 Å². The Balaban J connectivity index is 1.85. The van der Waals surface area contributed by atoms with Gasteiger partial charge >= 0.3 is 11.8 Å². The number of amides is 2. The van der Waals surface area contributed by atoms with Gasteiger partial charge in [0.25, 0.3) is 0 Å². The summed E-state index contributed by atoms with van der Waals surface area (Å²) in [5, 5.41) is 1.36. The number of furan rings is 1. The Morgan fingerprint density at radius 1 is 1.18 bits per heavy atom. The zero-order chi connectivity index (χ0) is 20.3. The maximum atomic E-state index is 13.3. The van der Waals surface area contributed by atoms with E-state index in [-0.39, 0.29) is 17.2 Å². The standard InChI is InChI=1S/C20H24N2O5S/c1-14-7-8-15(2)17(12-14)28(25,26)18(16-6-5-11-27-16)13-21-19(23)20(24)22-9-3-4-10-22/h5-8,11-12,18H,3-4,9-10,13H2,1-2H3,(H,21,23)/t18-/m1/s1. The molecule has 1 aliphatic heterocycles. The second-order valence-electron chi connectivity index (χ2n) is 7.03. The first kappa shape index (κ1) is 20.1. The largest absolute Gasteiger partial charge is 0.468 e. The van der Waals surface area contributed by atoms with E-state index in [4.69, 9.17) is 4.42 Å². The lowest BCUT2D eigenvalue weighted by molar-refractivity contribution is -0.145. The van der Waals surface area contributed by atoms with E-state index in [0.29, 0.717) is 18.7 Å². The summed E-state index contributed by atoms with van der Waals surface area (Å²) in [5.74, 6) is -1.20. The van der Waals surface area contributed by atoms with E-state index in [0.717, 1.165) is 18.4 Å². The molecule has 2 heterocycles. The summed E-state index contributed by atoms with van der Waals surface area (Å²) < 4.78 is 32.0. The minimum atomic E-state index is -3.85. The Labute approximate surface area is 164 Å². The van der Waals surface area contributed by atoms with Crippen LogP contribution in [0.4, 0.5) is 0 Å². The third-order valence-corrected chi connectivity index (χ3v) is 7.12. The zero-order valence-electron chi connectivity index (χ0n) is 16.0. The van der Waals surface area contributed by atoms with Crippen LogP contribution in [-0.4, -0.2) is 44.8 Å². The summed E-state index contributed by atoms with van der Waals surface area (Å²) in [4.78, 5) is 26.1. The molecule has 1 aromatic heterocycles. The van der Waals surface area contributed by atoms with Gasteiger partial charge in [0.15, 0.2) is 9.84 Å². The summed E-state index contributed by atoms with van der Waals surface area (Å²) in [6, 6.07) is 8.35. The molecule has 2 amide bonds. The number of rotatable bonds is 5. The predicted octanol–water partition coefficient (Wildman–Crippen LogP) is 2.15. The van der Waals surface area contributed by atoms with Crippen molar-refractivity contribution in [1.82, 2.24) is 10.2 Å². The van der Waals surface area contributed by atoms with Crippen molar-refractivity contribution in [3.05, 3.63) is 53.5 Å². The van der Waals surface area contributed by atoms with E-state index in [1.165, 1.54) is 11.2 Å². The fourth-order valence-corrected chi connectivity index (χ4v) is 5.25. The number of sulfone groups is 1. The fraction of sp³-hybridized carbons (Fsp3) is 0.400. The van der Waals surface area contributed by atoms with Crippen LogP contribution in [0.5, 0.6) is 0 Å². The van der Waals surface area contributed by atoms with Crippen LogP contribution in [0.15, 0.2) is 45.9 Å². The highest BCUT2D eigenvalue weighted by Crippen LogP contribution is 2.31. The average molecular weight is 404 g/mol. The number of likely N-dealkylation sites (tertiary alicyclic amines) is 1. The number of carbonyl (C=O) groups is 2. The number of nitrogens with one attached hydrogen (secondary N) is 1. The van der Waals surface area contributed by atoms with Crippen LogP contribution >= 0.6 is 0 Å². The molecule has 8 heteroatoms. The Hall–Kier alpha value is -2.61. The highest BCUT2D eigenvalue weighted by atomic mass is 32.2. The molecule has 150 valence electrons. The highest BCUT2D eigenvalue weighted by Gasteiger charge is 2.34. The van der Waals surface area contributed by atoms with Gasteiger partial charge in [-0.1, -0.05) is 12.1 Å². The van der Waals surface area contributed by atoms with Gasteiger partial charge in [0.1, 0.15) is 11.0 Å². The van der Waals surface area contributed by atoms with Crippen LogP contribution in [0.2, 0.25) is 0 Å². The molecule has 1 N–H and O–H groups in total. The van der Waals surface area contributed by atoms with Gasteiger partial charge in [0.2, 0.25) is 0 Å². The number of benzene rings is 1. The average Bonchev–Trinajstić information content (AvgIpc) is 3.36. The molecule has 1 aliphatic rings. The minimum absolute atomic E-state index is 0.189. The van der Waals surface area contributed by atoms with Gasteiger partial charge in [-0.2, -0.15) is 0 Å². The van der Waals surface area contributed by atoms with Gasteiger partial charge in [-0.05, 0) is 56.0 Å². The summed E-state index contributed by atoms with van der Waals surface area (Å²) in [6.45, 7) is 4.39. The molecule has 0 spiro atoms. The predicted molar refractivity (Wildman–Crippen MR) is 103 cm³/mol. The van der Waals surface area contributed by atoms with E-state index >= 15 is 0 Å². The molecule has 0 bridgehead atoms. The quantitative estimate of drug-likeness (QED) is 0.770. The molecule has 0 saturated carbocycles. The monoisotopic (exact) mass is 404 g/mol. The summed E-state index contributed by atoms with van der Waals surface area (Å²) in [5.41, 5.74) is 1.43. The van der Waals surface area contributed by atoms with E-state index < -0.39 is 26.9 Å². The maximum Gasteiger partial charge on any atom is 0.311 e. The normalized spacial score (nSPS) is 15.4. The summed E-state index contributed by atoms with van der Waals surface area (Å²) in [7, 11) is -3.85. The zero-order valence-corrected chi connectivity index (χ0v) is 16.8. The van der Waals surface area contributed by atoms with Crippen LogP contribution in [0, 0.1) is 13.8 Å². The van der Waals surface area contributed by atoms with Crippen molar-refractivity contribution in [3.63, 3.8) is 0 Å². The third-order valence-electron chi connectivity index (χ3n) is 4.92. The first-order valence-electron chi connectivity index (χ1n) is 9.22. The summed E-state index contributed by atoms with van der Waals surface area (Å²) in [6.07, 6.45) is 3.13. The smallest absolute Gasteiger partial charge is 0.311 e. The lowest BCUT2D eigenvalue weighted by Crippen LogP contribution is -2.43. The number of hydrogen-bond acceptors (Lipinski definition) is 5. The van der Waals surface area contributed by atoms with Crippen molar-refractivity contribution in [2.75, 3.05) is 19.6 Å². The molecular formula is C20H24N2O5S. The molecule has 0 unspecified atom stereocenters. The number of hydrogen-bond donors (Lipinski definition) is 1. The second-order valence-corrected chi connectivity index (χ2v) is 9.13. The van der Waals surface area contributed by atoms with E-state index in [1.54, 1.807) is 31.2 Å². The molecule has 1 saturated heterocycles. The van der Waals surface area contributed by atoms with Gasteiger partial charge in [0, 0.05) is 19.6 Å². The molecule has 0 aliphatic carbocycles. The van der Waals surface area contributed by atoms with Gasteiger partial charge < -0.3 is 14.6 Å². The summed E-state index contributed by atoms with van der Waals surface area (Å²) >= 11 is 0. The van der Waals surface area contributed by atoms with E-state index in [1.807, 2.05) is 13.0 Å². The van der Waals surface area contributed by atoms with E-state index in [9.17, 15) is 18.0 Å². The first-order valence-corrected chi connectivity index (χ1v) is 10.8. The van der Waals surface area contributed by atoms with Crippen LogP contribution in [0.25, 0.3) is 0 Å². The minimum Gasteiger partial charge on any atom is -0.468 e. The Morgan fingerprint density at radius 2 is 1.89 bits per heavy atom. The molecule has 3 rings (SSSR count). The Morgan fingerprint density at radius 3 is 2.54 bits per heavy atom. The van der Waals surface area contributed by atoms with Crippen molar-refractivity contribution in [3.8, 4) is 0 Å². The van der Waals surface area contributed by atoms with Crippen molar-refractivity contribution in [2.24, 2.45) is 0 Å². The molecule has 1 fully saturated rings. The van der Waals surface area contributed by atoms with Gasteiger partial charge in [0.05, 0.1) is 11.2 Å². The van der Waals surface area contributed by atoms with Gasteiger partial charge in [-0.25, -0.2) is 8.42 Å². The molecule has 28 heavy (non-hydrogen) atoms. The molecule has 2 aromatic rings. The van der Waals surface area contributed by atoms with Crippen LogP contribution in [0.3, 0.4) is 0 Å². The van der Waals surface area contributed by atoms with Crippen molar-refractivity contribution < 1.29 is 22.4 Å². The highest BCUT2D eigenvalue weighted by molar-refractivity contribution is 7.91. The topological polar surface area (TPSA) is 96.7 Å². The third kappa shape index (κ3) is 4.11. The molecular weight excluding hydrogens is 380 g/mol. The molecule has 0 radical (unpaired) electrons. The lowest BCUT2D eigenvalue weighted by atomic mass is 10.2. The first-order chi connectivity index (χ1) is 13.3. The van der Waals surface area contributed by atoms with Gasteiger partial charge in [-0.3, -0.25) is 9.59 Å². The molecule has 7 nitrogen and oxygen atoms in total. The van der Waals surface area contributed by atoms with Crippen LogP contribution in [-0.2, 0) is 19.4 Å². The Kier molecular flexibility index (Phi) is 5.88. The fourth-order valence-electron chi connectivity index (χ4n) is 3.33. The second kappa shape index (κ2) is 8.18. The maximum absolute atomic E-state index is 13.3. The molecule has 1 aromatic carbocycles. The van der Waals surface area contributed by atoms with Gasteiger partial charge in [-0.15, -0.1) is 0 Å². The van der Waals surface area contributed by atoms with Crippen molar-refractivity contribution in [2.45, 2.75) is 36.8 Å². The number of aryl methyl sites for hydroxylation is 2. The number of nitrogens with zero attached hydrogens (tertiary/aromatic N) is 1. The SMILES string of the molecule is Cc1ccc(C)c(S(=O)(=O)[C@H](CNC(=O)C(=O)N2CCCC2)c2ccco2)c1. The van der Waals surface area contributed by atoms with Crippen LogP contribution < -0.4 is 5.32 Å². The molecule has 1 atom stereocenters. The van der Waals surface area contributed by atoms with Crippen molar-refractivity contribution in [1.29, 1.82) is 0 Å². The van der Waals surface area contributed by atoms with Crippen LogP contribution in [0.1, 0.15) is 35.0 Å². The van der Waals surface area contributed by atoms with Crippen molar-refractivity contribution >= 4 is 21.7 Å². The number of carbonyl (C=O) groups excluding carboxylic acids is 2.